The maximum atomic E-state index is 4.91. The van der Waals surface area contributed by atoms with Gasteiger partial charge in [0, 0.05) is 18.2 Å². The van der Waals surface area contributed by atoms with E-state index < -0.39 is 0 Å². The fourth-order valence-corrected chi connectivity index (χ4v) is 2.46. The summed E-state index contributed by atoms with van der Waals surface area (Å²) in [5, 5.41) is 8.51. The van der Waals surface area contributed by atoms with Gasteiger partial charge in [-0.25, -0.2) is 0 Å². The van der Waals surface area contributed by atoms with Crippen LogP contribution in [0.4, 0.5) is 0 Å². The number of aromatic nitrogens is 2. The third-order valence-corrected chi connectivity index (χ3v) is 3.94. The molecule has 0 aliphatic carbocycles. The Bertz CT molecular complexity index is 350. The summed E-state index contributed by atoms with van der Waals surface area (Å²) in [6, 6.07) is 0. The van der Waals surface area contributed by atoms with Crippen molar-refractivity contribution in [3.63, 3.8) is 0 Å². The van der Waals surface area contributed by atoms with Crippen LogP contribution in [-0.2, 0) is 6.42 Å². The number of nitrogens with one attached hydrogen (secondary N) is 1. The van der Waals surface area contributed by atoms with Crippen LogP contribution in [0, 0.1) is 5.92 Å². The zero-order valence-corrected chi connectivity index (χ0v) is 10.3. The largest absolute Gasteiger partial charge is 0.364 e. The summed E-state index contributed by atoms with van der Waals surface area (Å²) in [7, 11) is 0. The number of aliphatic imine (C=N–C) groups is 1. The highest BCUT2D eigenvalue weighted by molar-refractivity contribution is 8.14. The Morgan fingerprint density at radius 3 is 3.12 bits per heavy atom. The standard InChI is InChI=1S/C10H16N4OS/c1-7(2)8-5-12-10(16-8)11-4-3-9-13-6-14-15-9/h6-8H,3-5H2,1-2H3,(H,11,12). The maximum absolute atomic E-state index is 4.91. The van der Waals surface area contributed by atoms with E-state index in [4.69, 9.17) is 4.52 Å². The fraction of sp³-hybridized carbons (Fsp3) is 0.700. The van der Waals surface area contributed by atoms with Crippen molar-refractivity contribution in [2.24, 2.45) is 10.9 Å². The first-order valence-electron chi connectivity index (χ1n) is 5.46. The van der Waals surface area contributed by atoms with Gasteiger partial charge in [-0.05, 0) is 5.92 Å². The van der Waals surface area contributed by atoms with Crippen LogP contribution in [0.15, 0.2) is 15.8 Å². The number of thioether (sulfide) groups is 1. The molecule has 0 bridgehead atoms. The van der Waals surface area contributed by atoms with E-state index in [1.807, 2.05) is 11.8 Å². The molecule has 0 saturated heterocycles. The van der Waals surface area contributed by atoms with E-state index in [0.29, 0.717) is 17.1 Å². The summed E-state index contributed by atoms with van der Waals surface area (Å²) in [5.41, 5.74) is 0. The molecule has 1 unspecified atom stereocenters. The van der Waals surface area contributed by atoms with Crippen LogP contribution < -0.4 is 5.32 Å². The van der Waals surface area contributed by atoms with Gasteiger partial charge in [-0.3, -0.25) is 4.99 Å². The lowest BCUT2D eigenvalue weighted by Gasteiger charge is -2.11. The van der Waals surface area contributed by atoms with Gasteiger partial charge in [-0.15, -0.1) is 0 Å². The molecule has 1 aliphatic rings. The van der Waals surface area contributed by atoms with Gasteiger partial charge in [-0.1, -0.05) is 30.8 Å². The van der Waals surface area contributed by atoms with Crippen molar-refractivity contribution in [3.05, 3.63) is 12.2 Å². The van der Waals surface area contributed by atoms with Crippen LogP contribution in [0.25, 0.3) is 0 Å². The molecule has 88 valence electrons. The Kier molecular flexibility index (Phi) is 3.82. The highest BCUT2D eigenvalue weighted by Crippen LogP contribution is 2.25. The summed E-state index contributed by atoms with van der Waals surface area (Å²) in [6.07, 6.45) is 2.16. The van der Waals surface area contributed by atoms with Gasteiger partial charge in [0.2, 0.25) is 5.89 Å². The maximum Gasteiger partial charge on any atom is 0.228 e. The molecule has 0 aromatic carbocycles. The summed E-state index contributed by atoms with van der Waals surface area (Å²) >= 11 is 1.83. The third kappa shape index (κ3) is 2.98. The van der Waals surface area contributed by atoms with Gasteiger partial charge in [0.1, 0.15) is 0 Å². The molecule has 6 heteroatoms. The molecule has 0 amide bonds. The summed E-state index contributed by atoms with van der Waals surface area (Å²) in [6.45, 7) is 6.17. The summed E-state index contributed by atoms with van der Waals surface area (Å²) < 4.78 is 4.91. The lowest BCUT2D eigenvalue weighted by molar-refractivity contribution is 0.377. The van der Waals surface area contributed by atoms with Crippen LogP contribution in [-0.4, -0.2) is 33.6 Å². The second-order valence-electron chi connectivity index (χ2n) is 4.06. The van der Waals surface area contributed by atoms with Gasteiger partial charge in [0.05, 0.1) is 6.54 Å². The minimum absolute atomic E-state index is 0.617. The number of nitrogens with zero attached hydrogens (tertiary/aromatic N) is 3. The third-order valence-electron chi connectivity index (χ3n) is 2.44. The summed E-state index contributed by atoms with van der Waals surface area (Å²) in [5.74, 6) is 1.33. The van der Waals surface area contributed by atoms with E-state index in [1.165, 1.54) is 6.33 Å². The van der Waals surface area contributed by atoms with Crippen LogP contribution in [0.3, 0.4) is 0 Å². The molecule has 16 heavy (non-hydrogen) atoms. The van der Waals surface area contributed by atoms with Gasteiger partial charge in [0.25, 0.3) is 0 Å². The second-order valence-corrected chi connectivity index (χ2v) is 5.29. The van der Waals surface area contributed by atoms with Gasteiger partial charge >= 0.3 is 0 Å². The zero-order chi connectivity index (χ0) is 11.4. The molecule has 0 spiro atoms. The van der Waals surface area contributed by atoms with E-state index in [-0.39, 0.29) is 0 Å². The molecule has 0 saturated carbocycles. The quantitative estimate of drug-likeness (QED) is 0.860. The van der Waals surface area contributed by atoms with Gasteiger partial charge in [0.15, 0.2) is 11.5 Å². The minimum Gasteiger partial charge on any atom is -0.364 e. The van der Waals surface area contributed by atoms with Crippen LogP contribution >= 0.6 is 11.8 Å². The van der Waals surface area contributed by atoms with Crippen molar-refractivity contribution in [1.82, 2.24) is 15.5 Å². The van der Waals surface area contributed by atoms with E-state index >= 15 is 0 Å². The fourth-order valence-electron chi connectivity index (χ4n) is 1.42. The smallest absolute Gasteiger partial charge is 0.228 e. The monoisotopic (exact) mass is 240 g/mol. The SMILES string of the molecule is CC(C)C1CN=C(NCCc2ncno2)S1. The molecule has 1 aliphatic heterocycles. The van der Waals surface area contributed by atoms with Crippen molar-refractivity contribution in [2.45, 2.75) is 25.5 Å². The second kappa shape index (κ2) is 5.34. The highest BCUT2D eigenvalue weighted by Gasteiger charge is 2.22. The highest BCUT2D eigenvalue weighted by atomic mass is 32.2. The lowest BCUT2D eigenvalue weighted by atomic mass is 10.1. The Balaban J connectivity index is 1.68. The molecule has 2 rings (SSSR count). The lowest BCUT2D eigenvalue weighted by Crippen LogP contribution is -2.23. The Morgan fingerprint density at radius 2 is 2.50 bits per heavy atom. The normalized spacial score (nSPS) is 20.2. The molecular weight excluding hydrogens is 224 g/mol. The Hall–Kier alpha value is -1.04. The summed E-state index contributed by atoms with van der Waals surface area (Å²) in [4.78, 5) is 8.42. The number of amidine groups is 1. The predicted octanol–water partition coefficient (Wildman–Crippen LogP) is 1.33. The molecule has 1 aromatic rings. The average molecular weight is 240 g/mol. The van der Waals surface area contributed by atoms with Crippen molar-refractivity contribution in [2.75, 3.05) is 13.1 Å². The van der Waals surface area contributed by atoms with Gasteiger partial charge < -0.3 is 9.84 Å². The zero-order valence-electron chi connectivity index (χ0n) is 9.51. The van der Waals surface area contributed by atoms with Crippen LogP contribution in [0.2, 0.25) is 0 Å². The number of hydrogen-bond donors (Lipinski definition) is 1. The van der Waals surface area contributed by atoms with Crippen molar-refractivity contribution < 1.29 is 4.52 Å². The molecule has 0 fully saturated rings. The average Bonchev–Trinajstić information content (AvgIpc) is 2.87. The van der Waals surface area contributed by atoms with E-state index in [2.05, 4.69) is 34.3 Å². The van der Waals surface area contributed by atoms with Crippen LogP contribution in [0.1, 0.15) is 19.7 Å². The molecule has 1 aromatic heterocycles. The Labute approximate surface area is 99.1 Å². The first-order chi connectivity index (χ1) is 7.75. The van der Waals surface area contributed by atoms with E-state index in [1.54, 1.807) is 0 Å². The minimum atomic E-state index is 0.617. The first kappa shape index (κ1) is 11.4. The van der Waals surface area contributed by atoms with E-state index in [9.17, 15) is 0 Å². The van der Waals surface area contributed by atoms with Crippen LogP contribution in [0.5, 0.6) is 0 Å². The molecule has 0 radical (unpaired) electrons. The molecule has 1 atom stereocenters. The van der Waals surface area contributed by atoms with Crippen molar-refractivity contribution >= 4 is 16.9 Å². The Morgan fingerprint density at radius 1 is 1.62 bits per heavy atom. The topological polar surface area (TPSA) is 63.3 Å². The van der Waals surface area contributed by atoms with Gasteiger partial charge in [-0.2, -0.15) is 4.98 Å². The number of hydrogen-bond acceptors (Lipinski definition) is 6. The van der Waals surface area contributed by atoms with Crippen molar-refractivity contribution in [3.8, 4) is 0 Å². The molecule has 2 heterocycles. The predicted molar refractivity (Wildman–Crippen MR) is 64.5 cm³/mol. The first-order valence-corrected chi connectivity index (χ1v) is 6.34. The molecule has 1 N–H and O–H groups in total. The van der Waals surface area contributed by atoms with Crippen molar-refractivity contribution in [1.29, 1.82) is 0 Å². The van der Waals surface area contributed by atoms with E-state index in [0.717, 1.165) is 24.7 Å². The molecular formula is C10H16N4OS. The number of rotatable bonds is 4. The molecule has 5 nitrogen and oxygen atoms in total.